The predicted molar refractivity (Wildman–Crippen MR) is 64.0 cm³/mol. The first-order chi connectivity index (χ1) is 7.66. The van der Waals surface area contributed by atoms with E-state index >= 15 is 0 Å². The Bertz CT molecular complexity index is 378. The molecule has 1 aliphatic rings. The summed E-state index contributed by atoms with van der Waals surface area (Å²) in [6, 6.07) is 2.99. The second kappa shape index (κ2) is 4.99. The minimum absolute atomic E-state index is 0.211. The molecule has 3 N–H and O–H groups in total. The van der Waals surface area contributed by atoms with E-state index in [-0.39, 0.29) is 5.69 Å². The van der Waals surface area contributed by atoms with Crippen LogP contribution in [0.2, 0.25) is 5.02 Å². The van der Waals surface area contributed by atoms with E-state index in [1.807, 2.05) is 0 Å². The fourth-order valence-electron chi connectivity index (χ4n) is 1.88. The Hall–Kier alpha value is -0.840. The molecule has 1 saturated heterocycles. The van der Waals surface area contributed by atoms with Gasteiger partial charge in [-0.05, 0) is 17.7 Å². The number of nitrogens with two attached hydrogens (primary N) is 1. The molecule has 1 aromatic rings. The zero-order valence-electron chi connectivity index (χ0n) is 8.97. The van der Waals surface area contributed by atoms with Crippen molar-refractivity contribution < 1.29 is 4.39 Å². The first-order valence-corrected chi connectivity index (χ1v) is 5.71. The fourth-order valence-corrected chi connectivity index (χ4v) is 2.11. The van der Waals surface area contributed by atoms with E-state index in [0.717, 1.165) is 31.7 Å². The van der Waals surface area contributed by atoms with Crippen LogP contribution >= 0.6 is 11.6 Å². The smallest absolute Gasteiger partial charge is 0.147 e. The van der Waals surface area contributed by atoms with Crippen molar-refractivity contribution in [1.29, 1.82) is 0 Å². The number of halogens is 2. The summed E-state index contributed by atoms with van der Waals surface area (Å²) in [4.78, 5) is 2.23. The molecule has 0 radical (unpaired) electrons. The van der Waals surface area contributed by atoms with Crippen LogP contribution in [0.3, 0.4) is 0 Å². The molecular formula is C11H15ClFN3. The van der Waals surface area contributed by atoms with Crippen molar-refractivity contribution in [2.75, 3.05) is 31.9 Å². The molecule has 88 valence electrons. The molecule has 0 spiro atoms. The van der Waals surface area contributed by atoms with Crippen LogP contribution < -0.4 is 11.1 Å². The van der Waals surface area contributed by atoms with Gasteiger partial charge in [-0.2, -0.15) is 0 Å². The number of benzene rings is 1. The van der Waals surface area contributed by atoms with Crippen molar-refractivity contribution in [3.8, 4) is 0 Å². The number of nitrogens with zero attached hydrogens (tertiary/aromatic N) is 1. The van der Waals surface area contributed by atoms with E-state index < -0.39 is 5.82 Å². The second-order valence-electron chi connectivity index (χ2n) is 3.99. The standard InChI is InChI=1S/C11H15ClFN3/c12-9-5-8(11(14)10(13)6-9)7-16-3-1-15-2-4-16/h5-6,15H,1-4,7,14H2. The number of anilines is 1. The van der Waals surface area contributed by atoms with E-state index in [4.69, 9.17) is 17.3 Å². The molecule has 1 fully saturated rings. The molecule has 3 nitrogen and oxygen atoms in total. The van der Waals surface area contributed by atoms with E-state index in [1.54, 1.807) is 6.07 Å². The van der Waals surface area contributed by atoms with Crippen LogP contribution in [0.25, 0.3) is 0 Å². The molecule has 0 amide bonds. The van der Waals surface area contributed by atoms with Crippen molar-refractivity contribution >= 4 is 17.3 Å². The van der Waals surface area contributed by atoms with Gasteiger partial charge < -0.3 is 11.1 Å². The number of hydrogen-bond donors (Lipinski definition) is 2. The molecule has 1 aromatic carbocycles. The molecule has 0 aromatic heterocycles. The first kappa shape index (κ1) is 11.6. The van der Waals surface area contributed by atoms with Gasteiger partial charge in [-0.1, -0.05) is 11.6 Å². The third-order valence-corrected chi connectivity index (χ3v) is 3.00. The molecule has 0 atom stereocenters. The van der Waals surface area contributed by atoms with Gasteiger partial charge in [0, 0.05) is 37.7 Å². The SMILES string of the molecule is Nc1c(F)cc(Cl)cc1CN1CCNCC1. The van der Waals surface area contributed by atoms with Crippen LogP contribution in [-0.2, 0) is 6.54 Å². The zero-order chi connectivity index (χ0) is 11.5. The van der Waals surface area contributed by atoms with Gasteiger partial charge in [0.1, 0.15) is 5.82 Å². The average molecular weight is 244 g/mol. The van der Waals surface area contributed by atoms with Crippen LogP contribution in [0.4, 0.5) is 10.1 Å². The van der Waals surface area contributed by atoms with E-state index in [1.165, 1.54) is 6.07 Å². The second-order valence-corrected chi connectivity index (χ2v) is 4.42. The lowest BCUT2D eigenvalue weighted by molar-refractivity contribution is 0.233. The summed E-state index contributed by atoms with van der Waals surface area (Å²) < 4.78 is 13.4. The number of piperazine rings is 1. The Labute approximate surface area is 99.4 Å². The minimum Gasteiger partial charge on any atom is -0.396 e. The number of hydrogen-bond acceptors (Lipinski definition) is 3. The lowest BCUT2D eigenvalue weighted by atomic mass is 10.1. The minimum atomic E-state index is -0.433. The molecule has 5 heteroatoms. The summed E-state index contributed by atoms with van der Waals surface area (Å²) in [6.07, 6.45) is 0. The molecule has 16 heavy (non-hydrogen) atoms. The van der Waals surface area contributed by atoms with Gasteiger partial charge in [-0.3, -0.25) is 4.90 Å². The summed E-state index contributed by atoms with van der Waals surface area (Å²) in [7, 11) is 0. The fraction of sp³-hybridized carbons (Fsp3) is 0.455. The van der Waals surface area contributed by atoms with Crippen LogP contribution in [0.15, 0.2) is 12.1 Å². The largest absolute Gasteiger partial charge is 0.396 e. The maximum atomic E-state index is 13.4. The molecule has 0 bridgehead atoms. The van der Waals surface area contributed by atoms with Crippen LogP contribution in [0.1, 0.15) is 5.56 Å². The molecule has 2 rings (SSSR count). The lowest BCUT2D eigenvalue weighted by Gasteiger charge is -2.27. The Morgan fingerprint density at radius 2 is 2.06 bits per heavy atom. The summed E-state index contributed by atoms with van der Waals surface area (Å²) in [6.45, 7) is 4.48. The van der Waals surface area contributed by atoms with Crippen LogP contribution in [-0.4, -0.2) is 31.1 Å². The molecular weight excluding hydrogens is 229 g/mol. The van der Waals surface area contributed by atoms with Gasteiger partial charge in [0.15, 0.2) is 0 Å². The lowest BCUT2D eigenvalue weighted by Crippen LogP contribution is -2.43. The van der Waals surface area contributed by atoms with Crippen molar-refractivity contribution in [2.45, 2.75) is 6.54 Å². The van der Waals surface area contributed by atoms with Crippen molar-refractivity contribution in [3.05, 3.63) is 28.5 Å². The topological polar surface area (TPSA) is 41.3 Å². The molecule has 1 aliphatic heterocycles. The number of rotatable bonds is 2. The van der Waals surface area contributed by atoms with Crippen molar-refractivity contribution in [1.82, 2.24) is 10.2 Å². The van der Waals surface area contributed by atoms with E-state index in [9.17, 15) is 4.39 Å². The first-order valence-electron chi connectivity index (χ1n) is 5.33. The molecule has 0 saturated carbocycles. The van der Waals surface area contributed by atoms with E-state index in [2.05, 4.69) is 10.2 Å². The Morgan fingerprint density at radius 3 is 2.75 bits per heavy atom. The van der Waals surface area contributed by atoms with Crippen molar-refractivity contribution in [3.63, 3.8) is 0 Å². The molecule has 1 heterocycles. The number of nitrogens with one attached hydrogen (secondary N) is 1. The zero-order valence-corrected chi connectivity index (χ0v) is 9.73. The van der Waals surface area contributed by atoms with Gasteiger partial charge in [0.2, 0.25) is 0 Å². The highest BCUT2D eigenvalue weighted by Gasteiger charge is 2.13. The monoisotopic (exact) mass is 243 g/mol. The Kier molecular flexibility index (Phi) is 3.63. The number of nitrogen functional groups attached to an aromatic ring is 1. The normalized spacial score (nSPS) is 17.6. The maximum Gasteiger partial charge on any atom is 0.147 e. The van der Waals surface area contributed by atoms with Gasteiger partial charge >= 0.3 is 0 Å². The maximum absolute atomic E-state index is 13.4. The van der Waals surface area contributed by atoms with Gasteiger partial charge in [-0.15, -0.1) is 0 Å². The van der Waals surface area contributed by atoms with Crippen LogP contribution in [0.5, 0.6) is 0 Å². The molecule has 0 unspecified atom stereocenters. The quantitative estimate of drug-likeness (QED) is 0.773. The summed E-state index contributed by atoms with van der Waals surface area (Å²) in [5.41, 5.74) is 6.67. The Morgan fingerprint density at radius 1 is 1.38 bits per heavy atom. The van der Waals surface area contributed by atoms with Crippen LogP contribution in [0, 0.1) is 5.82 Å². The highest BCUT2D eigenvalue weighted by atomic mass is 35.5. The summed E-state index contributed by atoms with van der Waals surface area (Å²) in [5.74, 6) is -0.433. The third kappa shape index (κ3) is 2.64. The highest BCUT2D eigenvalue weighted by molar-refractivity contribution is 6.30. The highest BCUT2D eigenvalue weighted by Crippen LogP contribution is 2.23. The molecule has 0 aliphatic carbocycles. The summed E-state index contributed by atoms with van der Waals surface area (Å²) >= 11 is 5.81. The Balaban J connectivity index is 2.13. The summed E-state index contributed by atoms with van der Waals surface area (Å²) in [5, 5.41) is 3.66. The van der Waals surface area contributed by atoms with E-state index in [0.29, 0.717) is 11.6 Å². The van der Waals surface area contributed by atoms with Gasteiger partial charge in [0.05, 0.1) is 5.69 Å². The van der Waals surface area contributed by atoms with Crippen molar-refractivity contribution in [2.24, 2.45) is 0 Å². The third-order valence-electron chi connectivity index (χ3n) is 2.78. The average Bonchev–Trinajstić information content (AvgIpc) is 2.27. The predicted octanol–water partition coefficient (Wildman–Crippen LogP) is 1.47. The van der Waals surface area contributed by atoms with Gasteiger partial charge in [0.25, 0.3) is 0 Å². The van der Waals surface area contributed by atoms with Gasteiger partial charge in [-0.25, -0.2) is 4.39 Å².